The van der Waals surface area contributed by atoms with Crippen molar-refractivity contribution in [2.45, 2.75) is 6.54 Å². The predicted octanol–water partition coefficient (Wildman–Crippen LogP) is 3.91. The zero-order chi connectivity index (χ0) is 15.7. The zero-order valence-corrected chi connectivity index (χ0v) is 13.3. The number of rotatable bonds is 3. The highest BCUT2D eigenvalue weighted by Crippen LogP contribution is 2.23. The van der Waals surface area contributed by atoms with Gasteiger partial charge < -0.3 is 4.90 Å². The molecule has 0 N–H and O–H groups in total. The second-order valence-electron chi connectivity index (χ2n) is 5.01. The van der Waals surface area contributed by atoms with Crippen LogP contribution in [-0.4, -0.2) is 27.5 Å². The molecule has 3 aromatic rings. The van der Waals surface area contributed by atoms with Crippen molar-refractivity contribution in [2.75, 3.05) is 7.05 Å². The van der Waals surface area contributed by atoms with E-state index in [2.05, 4.69) is 5.10 Å². The number of nitrogens with zero attached hydrogens (tertiary/aromatic N) is 3. The summed E-state index contributed by atoms with van der Waals surface area (Å²) in [7, 11) is 1.74. The maximum absolute atomic E-state index is 12.5. The molecule has 0 saturated carbocycles. The van der Waals surface area contributed by atoms with Crippen LogP contribution in [0.5, 0.6) is 0 Å². The number of fused-ring (bicyclic) bond motifs is 1. The van der Waals surface area contributed by atoms with E-state index in [1.165, 1.54) is 4.52 Å². The van der Waals surface area contributed by atoms with Crippen molar-refractivity contribution in [3.8, 4) is 0 Å². The minimum Gasteiger partial charge on any atom is -0.336 e. The summed E-state index contributed by atoms with van der Waals surface area (Å²) in [5, 5.41) is 5.19. The molecule has 0 aliphatic heterocycles. The van der Waals surface area contributed by atoms with Crippen molar-refractivity contribution in [1.29, 1.82) is 0 Å². The number of pyridine rings is 1. The van der Waals surface area contributed by atoms with Crippen LogP contribution in [0.1, 0.15) is 16.1 Å². The summed E-state index contributed by atoms with van der Waals surface area (Å²) in [5.41, 5.74) is 2.05. The van der Waals surface area contributed by atoms with Gasteiger partial charge in [-0.25, -0.2) is 4.52 Å². The molecular formula is C16H13Cl2N3O. The second-order valence-corrected chi connectivity index (χ2v) is 5.86. The maximum Gasteiger partial charge on any atom is 0.274 e. The quantitative estimate of drug-likeness (QED) is 0.728. The molecule has 6 heteroatoms. The molecule has 0 unspecified atom stereocenters. The fraction of sp³-hybridized carbons (Fsp3) is 0.125. The van der Waals surface area contributed by atoms with Gasteiger partial charge in [-0.1, -0.05) is 53.5 Å². The van der Waals surface area contributed by atoms with E-state index in [1.807, 2.05) is 30.3 Å². The largest absolute Gasteiger partial charge is 0.336 e. The molecule has 1 aromatic carbocycles. The van der Waals surface area contributed by atoms with Gasteiger partial charge in [0.25, 0.3) is 5.91 Å². The third-order valence-corrected chi connectivity index (χ3v) is 3.83. The van der Waals surface area contributed by atoms with Crippen LogP contribution < -0.4 is 0 Å². The van der Waals surface area contributed by atoms with Gasteiger partial charge >= 0.3 is 0 Å². The van der Waals surface area contributed by atoms with E-state index in [-0.39, 0.29) is 5.91 Å². The summed E-state index contributed by atoms with van der Waals surface area (Å²) in [5.74, 6) is -0.167. The van der Waals surface area contributed by atoms with Crippen LogP contribution in [-0.2, 0) is 6.54 Å². The van der Waals surface area contributed by atoms with Crippen LogP contribution in [0.2, 0.25) is 10.0 Å². The topological polar surface area (TPSA) is 37.6 Å². The lowest BCUT2D eigenvalue weighted by molar-refractivity contribution is 0.0779. The van der Waals surface area contributed by atoms with Crippen LogP contribution in [0.25, 0.3) is 5.52 Å². The van der Waals surface area contributed by atoms with Gasteiger partial charge in [0.15, 0.2) is 5.69 Å². The van der Waals surface area contributed by atoms with Crippen LogP contribution >= 0.6 is 23.2 Å². The Morgan fingerprint density at radius 1 is 1.23 bits per heavy atom. The van der Waals surface area contributed by atoms with Gasteiger partial charge in [0.1, 0.15) is 0 Å². The second kappa shape index (κ2) is 5.99. The normalized spacial score (nSPS) is 10.9. The van der Waals surface area contributed by atoms with E-state index < -0.39 is 0 Å². The lowest BCUT2D eigenvalue weighted by Crippen LogP contribution is -2.26. The van der Waals surface area contributed by atoms with Crippen LogP contribution in [0, 0.1) is 0 Å². The summed E-state index contributed by atoms with van der Waals surface area (Å²) in [4.78, 5) is 14.1. The Kier molecular flexibility index (Phi) is 4.05. The average Bonchev–Trinajstić information content (AvgIpc) is 2.91. The number of halogens is 2. The molecule has 0 spiro atoms. The van der Waals surface area contributed by atoms with Gasteiger partial charge in [-0.05, 0) is 17.7 Å². The molecule has 0 atom stereocenters. The molecule has 2 heterocycles. The monoisotopic (exact) mass is 333 g/mol. The molecule has 0 radical (unpaired) electrons. The minimum atomic E-state index is -0.167. The Morgan fingerprint density at radius 2 is 1.95 bits per heavy atom. The molecule has 1 amide bonds. The van der Waals surface area contributed by atoms with Crippen LogP contribution in [0.4, 0.5) is 0 Å². The van der Waals surface area contributed by atoms with E-state index in [0.29, 0.717) is 27.8 Å². The fourth-order valence-electron chi connectivity index (χ4n) is 2.25. The zero-order valence-electron chi connectivity index (χ0n) is 11.8. The highest BCUT2D eigenvalue weighted by Gasteiger charge is 2.17. The van der Waals surface area contributed by atoms with E-state index in [9.17, 15) is 4.79 Å². The molecule has 22 heavy (non-hydrogen) atoms. The van der Waals surface area contributed by atoms with E-state index in [4.69, 9.17) is 23.2 Å². The van der Waals surface area contributed by atoms with Crippen molar-refractivity contribution in [3.05, 3.63) is 70.0 Å². The van der Waals surface area contributed by atoms with Gasteiger partial charge in [-0.3, -0.25) is 4.79 Å². The number of carbonyl (C=O) groups excluding carboxylic acids is 1. The summed E-state index contributed by atoms with van der Waals surface area (Å²) in [6.07, 6.45) is 1.62. The first kappa shape index (κ1) is 14.9. The Bertz CT molecular complexity index is 830. The molecular weight excluding hydrogens is 321 g/mol. The number of amides is 1. The lowest BCUT2D eigenvalue weighted by Gasteiger charge is -2.15. The van der Waals surface area contributed by atoms with Crippen LogP contribution in [0.3, 0.4) is 0 Å². The average molecular weight is 334 g/mol. The molecule has 4 nitrogen and oxygen atoms in total. The van der Waals surface area contributed by atoms with E-state index in [1.54, 1.807) is 30.3 Å². The van der Waals surface area contributed by atoms with Gasteiger partial charge in [0, 0.05) is 19.8 Å². The maximum atomic E-state index is 12.5. The molecule has 3 rings (SSSR count). The third kappa shape index (κ3) is 2.93. The molecule has 0 aliphatic rings. The Labute approximate surface area is 137 Å². The van der Waals surface area contributed by atoms with Crippen molar-refractivity contribution in [2.24, 2.45) is 0 Å². The Balaban J connectivity index is 1.87. The highest BCUT2D eigenvalue weighted by atomic mass is 35.5. The summed E-state index contributed by atoms with van der Waals surface area (Å²) >= 11 is 12.1. The molecule has 0 fully saturated rings. The summed E-state index contributed by atoms with van der Waals surface area (Å²) in [6, 6.07) is 13.1. The third-order valence-electron chi connectivity index (χ3n) is 3.32. The molecule has 112 valence electrons. The van der Waals surface area contributed by atoms with Gasteiger partial charge in [0.2, 0.25) is 0 Å². The first-order chi connectivity index (χ1) is 10.5. The van der Waals surface area contributed by atoms with Crippen molar-refractivity contribution >= 4 is 34.6 Å². The van der Waals surface area contributed by atoms with E-state index >= 15 is 0 Å². The van der Waals surface area contributed by atoms with E-state index in [0.717, 1.165) is 5.56 Å². The smallest absolute Gasteiger partial charge is 0.274 e. The molecule has 0 bridgehead atoms. The number of carbonyl (C=O) groups is 1. The summed E-state index contributed by atoms with van der Waals surface area (Å²) in [6.45, 7) is 0.516. The van der Waals surface area contributed by atoms with Crippen LogP contribution in [0.15, 0.2) is 48.7 Å². The first-order valence-corrected chi connectivity index (χ1v) is 7.44. The van der Waals surface area contributed by atoms with Gasteiger partial charge in [-0.2, -0.15) is 5.10 Å². The number of hydrogen-bond acceptors (Lipinski definition) is 2. The van der Waals surface area contributed by atoms with Gasteiger partial charge in [0.05, 0.1) is 15.6 Å². The van der Waals surface area contributed by atoms with Crippen molar-refractivity contribution in [3.63, 3.8) is 0 Å². The van der Waals surface area contributed by atoms with Gasteiger partial charge in [-0.15, -0.1) is 0 Å². The number of aromatic nitrogens is 2. The molecule has 0 aliphatic carbocycles. The van der Waals surface area contributed by atoms with Crippen molar-refractivity contribution < 1.29 is 4.79 Å². The Morgan fingerprint density at radius 3 is 2.68 bits per heavy atom. The predicted molar refractivity (Wildman–Crippen MR) is 87.5 cm³/mol. The molecule has 2 aromatic heterocycles. The number of hydrogen-bond donors (Lipinski definition) is 0. The standard InChI is InChI=1S/C16H13Cl2N3O/c1-20(9-11-5-3-2-4-6-11)16(22)14-8-15-13(18)7-12(17)10-21(15)19-14/h2-8,10H,9H2,1H3. The van der Waals surface area contributed by atoms with Crippen molar-refractivity contribution in [1.82, 2.24) is 14.5 Å². The number of benzene rings is 1. The lowest BCUT2D eigenvalue weighted by atomic mass is 10.2. The SMILES string of the molecule is CN(Cc1ccccc1)C(=O)c1cc2c(Cl)cc(Cl)cn2n1. The molecule has 0 saturated heterocycles. The minimum absolute atomic E-state index is 0.167. The first-order valence-electron chi connectivity index (χ1n) is 6.68. The fourth-order valence-corrected chi connectivity index (χ4v) is 2.77. The summed E-state index contributed by atoms with van der Waals surface area (Å²) < 4.78 is 1.52. The Hall–Kier alpha value is -2.04. The highest BCUT2D eigenvalue weighted by molar-refractivity contribution is 6.36.